The molecule has 1 aromatic rings. The molecule has 0 aliphatic heterocycles. The first-order valence-electron chi connectivity index (χ1n) is 5.93. The van der Waals surface area contributed by atoms with Crippen molar-refractivity contribution >= 4 is 0 Å². The number of benzene rings is 1. The van der Waals surface area contributed by atoms with Crippen LogP contribution in [0.25, 0.3) is 0 Å². The van der Waals surface area contributed by atoms with Crippen molar-refractivity contribution in [2.24, 2.45) is 11.1 Å². The lowest BCUT2D eigenvalue weighted by Gasteiger charge is -2.23. The van der Waals surface area contributed by atoms with Gasteiger partial charge in [-0.2, -0.15) is 0 Å². The van der Waals surface area contributed by atoms with Gasteiger partial charge in [0.15, 0.2) is 0 Å². The van der Waals surface area contributed by atoms with Crippen molar-refractivity contribution in [3.05, 3.63) is 24.3 Å². The first-order chi connectivity index (χ1) is 7.90. The molecular formula is C14H23NO2. The maximum Gasteiger partial charge on any atom is 0.119 e. The number of hydrogen-bond acceptors (Lipinski definition) is 3. The summed E-state index contributed by atoms with van der Waals surface area (Å²) >= 11 is 0. The van der Waals surface area contributed by atoms with Gasteiger partial charge in [-0.25, -0.2) is 0 Å². The minimum atomic E-state index is 0.0668. The van der Waals surface area contributed by atoms with Crippen molar-refractivity contribution in [3.8, 4) is 11.5 Å². The smallest absolute Gasteiger partial charge is 0.119 e. The highest BCUT2D eigenvalue weighted by Gasteiger charge is 2.15. The Labute approximate surface area is 104 Å². The lowest BCUT2D eigenvalue weighted by atomic mass is 9.89. The van der Waals surface area contributed by atoms with Crippen molar-refractivity contribution in [3.63, 3.8) is 0 Å². The molecule has 0 saturated heterocycles. The zero-order valence-electron chi connectivity index (χ0n) is 11.2. The van der Waals surface area contributed by atoms with E-state index in [2.05, 4.69) is 20.8 Å². The lowest BCUT2D eigenvalue weighted by molar-refractivity contribution is 0.240. The van der Waals surface area contributed by atoms with Crippen LogP contribution >= 0.6 is 0 Å². The van der Waals surface area contributed by atoms with Gasteiger partial charge >= 0.3 is 0 Å². The molecule has 0 aromatic heterocycles. The third-order valence-corrected chi connectivity index (χ3v) is 2.40. The minimum absolute atomic E-state index is 0.0668. The second kappa shape index (κ2) is 5.92. The molecule has 0 aliphatic rings. The largest absolute Gasteiger partial charge is 0.497 e. The summed E-state index contributed by atoms with van der Waals surface area (Å²) in [5.74, 6) is 1.66. The molecule has 1 rings (SSSR count). The van der Waals surface area contributed by atoms with E-state index in [-0.39, 0.29) is 11.5 Å². The van der Waals surface area contributed by atoms with Crippen LogP contribution in [0.4, 0.5) is 0 Å². The van der Waals surface area contributed by atoms with Gasteiger partial charge in [-0.15, -0.1) is 0 Å². The minimum Gasteiger partial charge on any atom is -0.497 e. The molecule has 0 spiro atoms. The van der Waals surface area contributed by atoms with Gasteiger partial charge in [0.25, 0.3) is 0 Å². The number of ether oxygens (including phenoxy) is 2. The Morgan fingerprint density at radius 1 is 1.12 bits per heavy atom. The van der Waals surface area contributed by atoms with Gasteiger partial charge in [-0.3, -0.25) is 0 Å². The van der Waals surface area contributed by atoms with Crippen LogP contribution in [0.3, 0.4) is 0 Å². The Morgan fingerprint density at radius 2 is 1.65 bits per heavy atom. The number of methoxy groups -OCH3 is 1. The summed E-state index contributed by atoms with van der Waals surface area (Å²) in [5.41, 5.74) is 6.25. The van der Waals surface area contributed by atoms with E-state index in [1.165, 1.54) is 0 Å². The van der Waals surface area contributed by atoms with E-state index < -0.39 is 0 Å². The molecular weight excluding hydrogens is 214 g/mol. The highest BCUT2D eigenvalue weighted by molar-refractivity contribution is 5.31. The molecule has 0 heterocycles. The first kappa shape index (κ1) is 13.8. The molecule has 17 heavy (non-hydrogen) atoms. The van der Waals surface area contributed by atoms with Crippen LogP contribution in [0.2, 0.25) is 0 Å². The molecule has 0 aliphatic carbocycles. The number of nitrogens with two attached hydrogens (primary N) is 1. The van der Waals surface area contributed by atoms with E-state index in [1.54, 1.807) is 7.11 Å². The van der Waals surface area contributed by atoms with Gasteiger partial charge in [-0.1, -0.05) is 20.8 Å². The average Bonchev–Trinajstić information content (AvgIpc) is 2.25. The van der Waals surface area contributed by atoms with E-state index >= 15 is 0 Å². The Balaban J connectivity index is 2.39. The van der Waals surface area contributed by atoms with Crippen molar-refractivity contribution in [1.82, 2.24) is 0 Å². The van der Waals surface area contributed by atoms with Gasteiger partial charge in [0.05, 0.1) is 7.11 Å². The average molecular weight is 237 g/mol. The van der Waals surface area contributed by atoms with Crippen LogP contribution in [0.1, 0.15) is 27.2 Å². The van der Waals surface area contributed by atoms with Crippen molar-refractivity contribution < 1.29 is 9.47 Å². The van der Waals surface area contributed by atoms with E-state index in [4.69, 9.17) is 15.2 Å². The van der Waals surface area contributed by atoms with Gasteiger partial charge in [0.1, 0.15) is 18.1 Å². The molecule has 0 amide bonds. The van der Waals surface area contributed by atoms with Crippen LogP contribution < -0.4 is 15.2 Å². The predicted molar refractivity (Wildman–Crippen MR) is 70.5 cm³/mol. The zero-order valence-corrected chi connectivity index (χ0v) is 11.2. The second-order valence-electron chi connectivity index (χ2n) is 5.51. The summed E-state index contributed by atoms with van der Waals surface area (Å²) in [6.07, 6.45) is 0.948. The van der Waals surface area contributed by atoms with Crippen molar-refractivity contribution in [2.45, 2.75) is 33.2 Å². The van der Waals surface area contributed by atoms with Crippen LogP contribution in [0.15, 0.2) is 24.3 Å². The zero-order chi connectivity index (χ0) is 12.9. The molecule has 1 aromatic carbocycles. The second-order valence-corrected chi connectivity index (χ2v) is 5.51. The van der Waals surface area contributed by atoms with Gasteiger partial charge in [0, 0.05) is 6.04 Å². The van der Waals surface area contributed by atoms with Gasteiger partial charge < -0.3 is 15.2 Å². The molecule has 0 saturated carbocycles. The van der Waals surface area contributed by atoms with E-state index in [0.717, 1.165) is 17.9 Å². The monoisotopic (exact) mass is 237 g/mol. The Morgan fingerprint density at radius 3 is 2.12 bits per heavy atom. The molecule has 3 heteroatoms. The summed E-state index contributed by atoms with van der Waals surface area (Å²) in [5, 5.41) is 0. The van der Waals surface area contributed by atoms with Crippen LogP contribution in [0, 0.1) is 5.41 Å². The fourth-order valence-corrected chi connectivity index (χ4v) is 1.72. The molecule has 1 atom stereocenters. The van der Waals surface area contributed by atoms with E-state index in [0.29, 0.717) is 6.61 Å². The third kappa shape index (κ3) is 5.59. The topological polar surface area (TPSA) is 44.5 Å². The molecule has 0 fully saturated rings. The first-order valence-corrected chi connectivity index (χ1v) is 5.93. The Bertz CT molecular complexity index is 327. The van der Waals surface area contributed by atoms with Crippen LogP contribution in [-0.4, -0.2) is 19.8 Å². The summed E-state index contributed by atoms with van der Waals surface area (Å²) in [6.45, 7) is 7.09. The van der Waals surface area contributed by atoms with Gasteiger partial charge in [0.2, 0.25) is 0 Å². The molecule has 2 N–H and O–H groups in total. The molecule has 3 nitrogen and oxygen atoms in total. The Hall–Kier alpha value is -1.22. The normalized spacial score (nSPS) is 13.2. The molecule has 0 radical (unpaired) electrons. The summed E-state index contributed by atoms with van der Waals surface area (Å²) in [4.78, 5) is 0. The highest BCUT2D eigenvalue weighted by Crippen LogP contribution is 2.21. The summed E-state index contributed by atoms with van der Waals surface area (Å²) in [7, 11) is 1.65. The predicted octanol–water partition coefficient (Wildman–Crippen LogP) is 2.84. The fraction of sp³-hybridized carbons (Fsp3) is 0.571. The Kier molecular flexibility index (Phi) is 4.82. The maximum atomic E-state index is 6.01. The van der Waals surface area contributed by atoms with E-state index in [1.807, 2.05) is 24.3 Å². The standard InChI is InChI=1S/C14H23NO2/c1-14(2,3)9-11(15)10-17-13-7-5-12(16-4)6-8-13/h5-8,11H,9-10,15H2,1-4H3. The van der Waals surface area contributed by atoms with Crippen LogP contribution in [-0.2, 0) is 0 Å². The third-order valence-electron chi connectivity index (χ3n) is 2.40. The van der Waals surface area contributed by atoms with E-state index in [9.17, 15) is 0 Å². The SMILES string of the molecule is COc1ccc(OCC(N)CC(C)(C)C)cc1. The quantitative estimate of drug-likeness (QED) is 0.856. The van der Waals surface area contributed by atoms with Crippen molar-refractivity contribution in [2.75, 3.05) is 13.7 Å². The lowest BCUT2D eigenvalue weighted by Crippen LogP contribution is -2.32. The number of rotatable bonds is 5. The van der Waals surface area contributed by atoms with Crippen LogP contribution in [0.5, 0.6) is 11.5 Å². The summed E-state index contributed by atoms with van der Waals surface area (Å²) in [6, 6.07) is 7.61. The van der Waals surface area contributed by atoms with Crippen molar-refractivity contribution in [1.29, 1.82) is 0 Å². The van der Waals surface area contributed by atoms with Gasteiger partial charge in [-0.05, 0) is 36.1 Å². The molecule has 1 unspecified atom stereocenters. The molecule has 96 valence electrons. The fourth-order valence-electron chi connectivity index (χ4n) is 1.72. The highest BCUT2D eigenvalue weighted by atomic mass is 16.5. The number of hydrogen-bond donors (Lipinski definition) is 1. The molecule has 0 bridgehead atoms. The maximum absolute atomic E-state index is 6.01. The summed E-state index contributed by atoms with van der Waals surface area (Å²) < 4.78 is 10.7.